The molecule has 8 heteroatoms. The Balaban J connectivity index is 1.36. The number of aromatic nitrogens is 3. The van der Waals surface area contributed by atoms with Crippen LogP contribution in [0.1, 0.15) is 16.2 Å². The molecular formula is C19H20N6O2. The number of aryl methyl sites for hydroxylation is 1. The second-order valence-electron chi connectivity index (χ2n) is 6.36. The zero-order chi connectivity index (χ0) is 18.6. The van der Waals surface area contributed by atoms with E-state index >= 15 is 0 Å². The Bertz CT molecular complexity index is 901. The molecule has 1 fully saturated rings. The summed E-state index contributed by atoms with van der Waals surface area (Å²) < 4.78 is 4.93. The molecule has 2 aromatic heterocycles. The van der Waals surface area contributed by atoms with Gasteiger partial charge in [-0.1, -0.05) is 23.4 Å². The predicted molar refractivity (Wildman–Crippen MR) is 102 cm³/mol. The standard InChI is InChI=1S/C19H20N6O2/c1-14-13-17(23-27-14)20-19(26)16-7-8-18(22-21-16)25-11-9-24(10-12-25)15-5-3-2-4-6-15/h2-8,13H,9-12H2,1H3,(H,20,23,26). The highest BCUT2D eigenvalue weighted by Gasteiger charge is 2.19. The van der Waals surface area contributed by atoms with Crippen molar-refractivity contribution in [2.24, 2.45) is 0 Å². The number of hydrogen-bond donors (Lipinski definition) is 1. The molecule has 1 saturated heterocycles. The van der Waals surface area contributed by atoms with Crippen LogP contribution in [0, 0.1) is 6.92 Å². The van der Waals surface area contributed by atoms with Crippen molar-refractivity contribution >= 4 is 23.2 Å². The van der Waals surface area contributed by atoms with Crippen LogP contribution in [0.25, 0.3) is 0 Å². The van der Waals surface area contributed by atoms with E-state index in [4.69, 9.17) is 4.52 Å². The van der Waals surface area contributed by atoms with Gasteiger partial charge in [-0.3, -0.25) is 4.79 Å². The van der Waals surface area contributed by atoms with Gasteiger partial charge in [-0.05, 0) is 31.2 Å². The van der Waals surface area contributed by atoms with Crippen molar-refractivity contribution in [1.29, 1.82) is 0 Å². The highest BCUT2D eigenvalue weighted by Crippen LogP contribution is 2.18. The Morgan fingerprint density at radius 1 is 1.00 bits per heavy atom. The molecule has 27 heavy (non-hydrogen) atoms. The molecule has 0 saturated carbocycles. The number of para-hydroxylation sites is 1. The summed E-state index contributed by atoms with van der Waals surface area (Å²) in [6, 6.07) is 15.5. The number of piperazine rings is 1. The monoisotopic (exact) mass is 364 g/mol. The predicted octanol–water partition coefficient (Wildman–Crippen LogP) is 2.35. The number of rotatable bonds is 4. The van der Waals surface area contributed by atoms with Crippen LogP contribution in [-0.2, 0) is 0 Å². The van der Waals surface area contributed by atoms with Crippen LogP contribution < -0.4 is 15.1 Å². The maximum absolute atomic E-state index is 12.2. The van der Waals surface area contributed by atoms with Gasteiger partial charge in [0, 0.05) is 37.9 Å². The molecule has 1 amide bonds. The quantitative estimate of drug-likeness (QED) is 0.760. The minimum Gasteiger partial charge on any atom is -0.368 e. The van der Waals surface area contributed by atoms with Crippen LogP contribution in [-0.4, -0.2) is 47.4 Å². The summed E-state index contributed by atoms with van der Waals surface area (Å²) >= 11 is 0. The van der Waals surface area contributed by atoms with Crippen molar-refractivity contribution in [2.45, 2.75) is 6.92 Å². The van der Waals surface area contributed by atoms with E-state index in [-0.39, 0.29) is 11.6 Å². The number of carbonyl (C=O) groups excluding carboxylic acids is 1. The molecule has 0 bridgehead atoms. The number of anilines is 3. The number of nitrogens with zero attached hydrogens (tertiary/aromatic N) is 5. The molecule has 0 radical (unpaired) electrons. The van der Waals surface area contributed by atoms with Gasteiger partial charge in [0.1, 0.15) is 5.76 Å². The van der Waals surface area contributed by atoms with Crippen molar-refractivity contribution in [2.75, 3.05) is 41.3 Å². The molecule has 3 heterocycles. The Morgan fingerprint density at radius 2 is 1.74 bits per heavy atom. The lowest BCUT2D eigenvalue weighted by Gasteiger charge is -2.36. The van der Waals surface area contributed by atoms with Crippen LogP contribution >= 0.6 is 0 Å². The molecule has 0 atom stereocenters. The minimum absolute atomic E-state index is 0.238. The van der Waals surface area contributed by atoms with E-state index in [1.54, 1.807) is 19.1 Å². The fraction of sp³-hybridized carbons (Fsp3) is 0.263. The summed E-state index contributed by atoms with van der Waals surface area (Å²) in [5.74, 6) is 1.40. The summed E-state index contributed by atoms with van der Waals surface area (Å²) in [6.07, 6.45) is 0. The second kappa shape index (κ2) is 7.45. The van der Waals surface area contributed by atoms with Gasteiger partial charge in [0.25, 0.3) is 5.91 Å². The second-order valence-corrected chi connectivity index (χ2v) is 6.36. The topological polar surface area (TPSA) is 87.4 Å². The lowest BCUT2D eigenvalue weighted by molar-refractivity contribution is 0.102. The molecule has 0 aliphatic carbocycles. The van der Waals surface area contributed by atoms with Gasteiger partial charge in [-0.25, -0.2) is 0 Å². The third kappa shape index (κ3) is 3.89. The van der Waals surface area contributed by atoms with E-state index in [0.717, 1.165) is 32.0 Å². The maximum atomic E-state index is 12.2. The number of hydrogen-bond acceptors (Lipinski definition) is 7. The minimum atomic E-state index is -0.365. The van der Waals surface area contributed by atoms with Gasteiger partial charge in [0.05, 0.1) is 0 Å². The first-order chi connectivity index (χ1) is 13.2. The van der Waals surface area contributed by atoms with Crippen LogP contribution in [0.15, 0.2) is 53.1 Å². The van der Waals surface area contributed by atoms with Crippen LogP contribution in [0.2, 0.25) is 0 Å². The summed E-state index contributed by atoms with van der Waals surface area (Å²) in [5.41, 5.74) is 1.47. The largest absolute Gasteiger partial charge is 0.368 e. The summed E-state index contributed by atoms with van der Waals surface area (Å²) in [7, 11) is 0. The highest BCUT2D eigenvalue weighted by molar-refractivity contribution is 6.02. The molecular weight excluding hydrogens is 344 g/mol. The van der Waals surface area contributed by atoms with Gasteiger partial charge in [0.15, 0.2) is 17.3 Å². The first-order valence-corrected chi connectivity index (χ1v) is 8.82. The normalized spacial score (nSPS) is 14.3. The van der Waals surface area contributed by atoms with E-state index in [9.17, 15) is 4.79 Å². The molecule has 0 spiro atoms. The Kier molecular flexibility index (Phi) is 4.69. The molecule has 1 aromatic carbocycles. The first kappa shape index (κ1) is 17.0. The Labute approximate surface area is 156 Å². The molecule has 1 aliphatic heterocycles. The van der Waals surface area contributed by atoms with E-state index in [1.807, 2.05) is 12.1 Å². The van der Waals surface area contributed by atoms with E-state index in [2.05, 4.69) is 54.7 Å². The molecule has 3 aromatic rings. The van der Waals surface area contributed by atoms with E-state index in [0.29, 0.717) is 11.6 Å². The molecule has 1 N–H and O–H groups in total. The smallest absolute Gasteiger partial charge is 0.277 e. The lowest BCUT2D eigenvalue weighted by Crippen LogP contribution is -2.46. The highest BCUT2D eigenvalue weighted by atomic mass is 16.5. The van der Waals surface area contributed by atoms with Crippen LogP contribution in [0.3, 0.4) is 0 Å². The molecule has 4 rings (SSSR count). The third-order valence-electron chi connectivity index (χ3n) is 4.48. The molecule has 8 nitrogen and oxygen atoms in total. The van der Waals surface area contributed by atoms with Gasteiger partial charge >= 0.3 is 0 Å². The average molecular weight is 364 g/mol. The number of nitrogens with one attached hydrogen (secondary N) is 1. The van der Waals surface area contributed by atoms with Crippen molar-refractivity contribution in [1.82, 2.24) is 15.4 Å². The zero-order valence-electron chi connectivity index (χ0n) is 15.0. The van der Waals surface area contributed by atoms with Crippen molar-refractivity contribution in [3.63, 3.8) is 0 Å². The number of amides is 1. The Morgan fingerprint density at radius 3 is 2.37 bits per heavy atom. The Hall–Kier alpha value is -3.42. The third-order valence-corrected chi connectivity index (χ3v) is 4.48. The fourth-order valence-electron chi connectivity index (χ4n) is 3.05. The van der Waals surface area contributed by atoms with E-state index < -0.39 is 0 Å². The van der Waals surface area contributed by atoms with Gasteiger partial charge in [-0.2, -0.15) is 0 Å². The summed E-state index contributed by atoms with van der Waals surface area (Å²) in [5, 5.41) is 14.7. The fourth-order valence-corrected chi connectivity index (χ4v) is 3.05. The maximum Gasteiger partial charge on any atom is 0.277 e. The van der Waals surface area contributed by atoms with Crippen LogP contribution in [0.4, 0.5) is 17.3 Å². The molecule has 138 valence electrons. The van der Waals surface area contributed by atoms with Crippen molar-refractivity contribution < 1.29 is 9.32 Å². The van der Waals surface area contributed by atoms with Gasteiger partial charge in [0.2, 0.25) is 0 Å². The average Bonchev–Trinajstić information content (AvgIpc) is 3.13. The summed E-state index contributed by atoms with van der Waals surface area (Å²) in [6.45, 7) is 5.30. The molecule has 0 unspecified atom stereocenters. The molecule has 1 aliphatic rings. The van der Waals surface area contributed by atoms with Gasteiger partial charge in [-0.15, -0.1) is 10.2 Å². The summed E-state index contributed by atoms with van der Waals surface area (Å²) in [4.78, 5) is 16.7. The van der Waals surface area contributed by atoms with Gasteiger partial charge < -0.3 is 19.6 Å². The van der Waals surface area contributed by atoms with E-state index in [1.165, 1.54) is 5.69 Å². The number of carbonyl (C=O) groups is 1. The first-order valence-electron chi connectivity index (χ1n) is 8.82. The number of benzene rings is 1. The SMILES string of the molecule is Cc1cc(NC(=O)c2ccc(N3CCN(c4ccccc4)CC3)nn2)no1. The van der Waals surface area contributed by atoms with Crippen molar-refractivity contribution in [3.05, 3.63) is 60.0 Å². The van der Waals surface area contributed by atoms with Crippen molar-refractivity contribution in [3.8, 4) is 0 Å². The van der Waals surface area contributed by atoms with Crippen LogP contribution in [0.5, 0.6) is 0 Å². The zero-order valence-corrected chi connectivity index (χ0v) is 15.0. The lowest BCUT2D eigenvalue weighted by atomic mass is 10.2.